The van der Waals surface area contributed by atoms with Crippen molar-refractivity contribution in [1.82, 2.24) is 0 Å². The summed E-state index contributed by atoms with van der Waals surface area (Å²) in [6.45, 7) is 2.22. The minimum atomic E-state index is 0.150. The first-order valence-electron chi connectivity index (χ1n) is 6.32. The maximum absolute atomic E-state index is 6.16. The van der Waals surface area contributed by atoms with E-state index in [1.54, 1.807) is 0 Å². The SMILES string of the molecule is CCCCCC1C[C@H](N)c2ccccc2O1. The van der Waals surface area contributed by atoms with Gasteiger partial charge in [0.05, 0.1) is 0 Å². The molecule has 2 rings (SSSR count). The highest BCUT2D eigenvalue weighted by Crippen LogP contribution is 2.34. The standard InChI is InChI=1S/C14H21NO/c1-2-3-4-7-11-10-13(15)12-8-5-6-9-14(12)16-11/h5-6,8-9,11,13H,2-4,7,10,15H2,1H3/t11?,13-/m0/s1. The molecule has 16 heavy (non-hydrogen) atoms. The van der Waals surface area contributed by atoms with Crippen molar-refractivity contribution in [3.05, 3.63) is 29.8 Å². The molecule has 0 radical (unpaired) electrons. The van der Waals surface area contributed by atoms with Gasteiger partial charge in [-0.1, -0.05) is 38.0 Å². The molecule has 2 N–H and O–H groups in total. The molecule has 1 unspecified atom stereocenters. The fraction of sp³-hybridized carbons (Fsp3) is 0.571. The lowest BCUT2D eigenvalue weighted by atomic mass is 9.95. The van der Waals surface area contributed by atoms with Crippen molar-refractivity contribution in [3.63, 3.8) is 0 Å². The number of nitrogens with two attached hydrogens (primary N) is 1. The van der Waals surface area contributed by atoms with Crippen LogP contribution in [0.4, 0.5) is 0 Å². The van der Waals surface area contributed by atoms with Gasteiger partial charge in [-0.25, -0.2) is 0 Å². The van der Waals surface area contributed by atoms with Crippen molar-refractivity contribution in [1.29, 1.82) is 0 Å². The lowest BCUT2D eigenvalue weighted by Gasteiger charge is -2.30. The van der Waals surface area contributed by atoms with Gasteiger partial charge in [-0.05, 0) is 18.9 Å². The summed E-state index contributed by atoms with van der Waals surface area (Å²) in [6, 6.07) is 8.29. The predicted octanol–water partition coefficient (Wildman–Crippen LogP) is 3.42. The molecule has 2 atom stereocenters. The van der Waals surface area contributed by atoms with E-state index in [4.69, 9.17) is 10.5 Å². The minimum Gasteiger partial charge on any atom is -0.490 e. The molecule has 2 nitrogen and oxygen atoms in total. The summed E-state index contributed by atoms with van der Waals surface area (Å²) in [7, 11) is 0. The first-order chi connectivity index (χ1) is 7.81. The molecule has 0 spiro atoms. The zero-order valence-electron chi connectivity index (χ0n) is 9.99. The average Bonchev–Trinajstić information content (AvgIpc) is 2.30. The topological polar surface area (TPSA) is 35.2 Å². The lowest BCUT2D eigenvalue weighted by Crippen LogP contribution is -2.29. The number of fused-ring (bicyclic) bond motifs is 1. The lowest BCUT2D eigenvalue weighted by molar-refractivity contribution is 0.147. The van der Waals surface area contributed by atoms with Crippen LogP contribution in [0.5, 0.6) is 5.75 Å². The largest absolute Gasteiger partial charge is 0.490 e. The molecule has 88 valence electrons. The molecule has 0 bridgehead atoms. The Morgan fingerprint density at radius 1 is 1.31 bits per heavy atom. The monoisotopic (exact) mass is 219 g/mol. The highest BCUT2D eigenvalue weighted by atomic mass is 16.5. The second-order valence-corrected chi connectivity index (χ2v) is 4.62. The molecule has 0 fully saturated rings. The van der Waals surface area contributed by atoms with Gasteiger partial charge in [0, 0.05) is 18.0 Å². The Bertz CT molecular complexity index is 337. The van der Waals surface area contributed by atoms with Crippen molar-refractivity contribution < 1.29 is 4.74 Å². The van der Waals surface area contributed by atoms with Crippen molar-refractivity contribution in [2.75, 3.05) is 0 Å². The third kappa shape index (κ3) is 2.56. The Morgan fingerprint density at radius 3 is 2.94 bits per heavy atom. The Labute approximate surface area is 97.8 Å². The number of unbranched alkanes of at least 4 members (excludes halogenated alkanes) is 2. The molecule has 1 aromatic rings. The summed E-state index contributed by atoms with van der Waals surface area (Å²) < 4.78 is 5.97. The third-order valence-electron chi connectivity index (χ3n) is 3.26. The van der Waals surface area contributed by atoms with Crippen molar-refractivity contribution >= 4 is 0 Å². The molecule has 1 aliphatic heterocycles. The van der Waals surface area contributed by atoms with Crippen molar-refractivity contribution in [3.8, 4) is 5.75 Å². The van der Waals surface area contributed by atoms with Gasteiger partial charge in [0.15, 0.2) is 0 Å². The third-order valence-corrected chi connectivity index (χ3v) is 3.26. The molecule has 0 aromatic heterocycles. The Morgan fingerprint density at radius 2 is 2.12 bits per heavy atom. The van der Waals surface area contributed by atoms with Crippen molar-refractivity contribution in [2.24, 2.45) is 5.73 Å². The highest BCUT2D eigenvalue weighted by Gasteiger charge is 2.24. The van der Waals surface area contributed by atoms with Gasteiger partial charge in [-0.2, -0.15) is 0 Å². The average molecular weight is 219 g/mol. The summed E-state index contributed by atoms with van der Waals surface area (Å²) in [5.74, 6) is 0.989. The van der Waals surface area contributed by atoms with Crippen LogP contribution in [0.25, 0.3) is 0 Å². The van der Waals surface area contributed by atoms with Crippen LogP contribution in [0.1, 0.15) is 50.6 Å². The van der Waals surface area contributed by atoms with Crippen LogP contribution in [-0.4, -0.2) is 6.10 Å². The van der Waals surface area contributed by atoms with Crippen LogP contribution in [-0.2, 0) is 0 Å². The molecular weight excluding hydrogens is 198 g/mol. The molecular formula is C14H21NO. The Kier molecular flexibility index (Phi) is 3.83. The first-order valence-corrected chi connectivity index (χ1v) is 6.32. The summed E-state index contributed by atoms with van der Waals surface area (Å²) >= 11 is 0. The van der Waals surface area contributed by atoms with E-state index in [1.165, 1.54) is 19.3 Å². The van der Waals surface area contributed by atoms with Gasteiger partial charge in [0.25, 0.3) is 0 Å². The van der Waals surface area contributed by atoms with E-state index in [2.05, 4.69) is 13.0 Å². The number of para-hydroxylation sites is 1. The summed E-state index contributed by atoms with van der Waals surface area (Å²) in [5.41, 5.74) is 7.32. The van der Waals surface area contributed by atoms with E-state index in [0.717, 1.165) is 24.2 Å². The smallest absolute Gasteiger partial charge is 0.124 e. The number of rotatable bonds is 4. The van der Waals surface area contributed by atoms with Crippen LogP contribution in [0.15, 0.2) is 24.3 Å². The summed E-state index contributed by atoms with van der Waals surface area (Å²) in [4.78, 5) is 0. The summed E-state index contributed by atoms with van der Waals surface area (Å²) in [6.07, 6.45) is 6.20. The van der Waals surface area contributed by atoms with Gasteiger partial charge in [-0.3, -0.25) is 0 Å². The Balaban J connectivity index is 1.98. The maximum Gasteiger partial charge on any atom is 0.124 e. The molecule has 0 saturated carbocycles. The van der Waals surface area contributed by atoms with E-state index < -0.39 is 0 Å². The second-order valence-electron chi connectivity index (χ2n) is 4.62. The normalized spacial score (nSPS) is 23.6. The quantitative estimate of drug-likeness (QED) is 0.787. The molecule has 1 aliphatic rings. The minimum absolute atomic E-state index is 0.150. The molecule has 0 aliphatic carbocycles. The van der Waals surface area contributed by atoms with Gasteiger partial charge >= 0.3 is 0 Å². The molecule has 2 heteroatoms. The first kappa shape index (κ1) is 11.5. The number of hydrogen-bond acceptors (Lipinski definition) is 2. The van der Waals surface area contributed by atoms with Crippen LogP contribution < -0.4 is 10.5 Å². The zero-order chi connectivity index (χ0) is 11.4. The van der Waals surface area contributed by atoms with Gasteiger partial charge < -0.3 is 10.5 Å². The van der Waals surface area contributed by atoms with E-state index in [0.29, 0.717) is 6.10 Å². The second kappa shape index (κ2) is 5.35. The highest BCUT2D eigenvalue weighted by molar-refractivity contribution is 5.37. The van der Waals surface area contributed by atoms with E-state index in [1.807, 2.05) is 18.2 Å². The van der Waals surface area contributed by atoms with Crippen LogP contribution in [0, 0.1) is 0 Å². The number of benzene rings is 1. The fourth-order valence-corrected chi connectivity index (χ4v) is 2.33. The maximum atomic E-state index is 6.16. The molecule has 0 amide bonds. The predicted molar refractivity (Wildman–Crippen MR) is 66.5 cm³/mol. The van der Waals surface area contributed by atoms with Crippen LogP contribution in [0.2, 0.25) is 0 Å². The molecule has 0 saturated heterocycles. The fourth-order valence-electron chi connectivity index (χ4n) is 2.33. The number of ether oxygens (including phenoxy) is 1. The summed E-state index contributed by atoms with van der Waals surface area (Å²) in [5, 5.41) is 0. The van der Waals surface area contributed by atoms with E-state index in [-0.39, 0.29) is 6.04 Å². The Hall–Kier alpha value is -1.02. The van der Waals surface area contributed by atoms with Gasteiger partial charge in [-0.15, -0.1) is 0 Å². The van der Waals surface area contributed by atoms with Crippen LogP contribution >= 0.6 is 0 Å². The van der Waals surface area contributed by atoms with Crippen molar-refractivity contribution in [2.45, 2.75) is 51.2 Å². The van der Waals surface area contributed by atoms with E-state index >= 15 is 0 Å². The van der Waals surface area contributed by atoms with E-state index in [9.17, 15) is 0 Å². The number of hydrogen-bond donors (Lipinski definition) is 1. The molecule has 1 aromatic carbocycles. The van der Waals surface area contributed by atoms with Gasteiger partial charge in [0.2, 0.25) is 0 Å². The van der Waals surface area contributed by atoms with Crippen LogP contribution in [0.3, 0.4) is 0 Å². The van der Waals surface area contributed by atoms with Gasteiger partial charge in [0.1, 0.15) is 11.9 Å². The zero-order valence-corrected chi connectivity index (χ0v) is 9.99. The molecule has 1 heterocycles.